The summed E-state index contributed by atoms with van der Waals surface area (Å²) in [5, 5.41) is 28.1. The van der Waals surface area contributed by atoms with Crippen LogP contribution >= 0.6 is 0 Å². The van der Waals surface area contributed by atoms with Gasteiger partial charge in [0.25, 0.3) is 5.91 Å². The van der Waals surface area contributed by atoms with Gasteiger partial charge in [-0.2, -0.15) is 0 Å². The van der Waals surface area contributed by atoms with Crippen molar-refractivity contribution in [3.8, 4) is 0 Å². The van der Waals surface area contributed by atoms with Gasteiger partial charge in [-0.1, -0.05) is 45.7 Å². The Hall–Kier alpha value is -4.49. The molecule has 0 bridgehead atoms. The molecule has 0 unspecified atom stereocenters. The first kappa shape index (κ1) is 35.5. The number of amides is 4. The van der Waals surface area contributed by atoms with Crippen LogP contribution in [0.3, 0.4) is 0 Å². The van der Waals surface area contributed by atoms with Gasteiger partial charge in [0.2, 0.25) is 17.7 Å². The summed E-state index contributed by atoms with van der Waals surface area (Å²) in [5.41, 5.74) is 6.10. The lowest BCUT2D eigenvalue weighted by atomic mass is 10.0. The number of unbranched alkanes of at least 4 members (excludes halogenated alkanes) is 1. The highest BCUT2D eigenvalue weighted by Gasteiger charge is 2.32. The number of para-hydroxylation sites is 1. The molecule has 0 fully saturated rings. The minimum absolute atomic E-state index is 0.0914. The van der Waals surface area contributed by atoms with Crippen LogP contribution in [0.4, 0.5) is 5.69 Å². The number of hydrogen-bond acceptors (Lipinski definition) is 8. The van der Waals surface area contributed by atoms with Crippen LogP contribution in [-0.4, -0.2) is 76.2 Å². The molecule has 0 saturated heterocycles. The molecule has 0 aliphatic heterocycles. The number of hydrogen-bond donors (Lipinski definition) is 7. The maximum Gasteiger partial charge on any atom is 0.303 e. The van der Waals surface area contributed by atoms with Gasteiger partial charge in [0, 0.05) is 18.5 Å². The standard InChI is InChI=1S/C28H41N5O9/c1-4-5-10-20(27(41)33-24(16(2)3)28(42)30-17(15-34)11-13-22(35)36)32-26(40)21(12-14-23(37)38)31-25(39)18-8-6-7-9-19(18)29/h6-9,15-17,20-21,24H,4-5,10-14,29H2,1-3H3,(H,30,42)(H,31,39)(H,32,40)(H,33,41)(H,35,36)(H,37,38)/t17-,20-,21-,24-/m0/s1. The number of carboxylic acid groups (broad SMARTS) is 2. The number of nitrogens with one attached hydrogen (secondary N) is 4. The lowest BCUT2D eigenvalue weighted by Gasteiger charge is -2.27. The molecule has 1 aromatic rings. The Labute approximate surface area is 244 Å². The highest BCUT2D eigenvalue weighted by Crippen LogP contribution is 2.12. The summed E-state index contributed by atoms with van der Waals surface area (Å²) in [6.45, 7) is 5.19. The fourth-order valence-corrected chi connectivity index (χ4v) is 3.94. The molecule has 0 aliphatic rings. The summed E-state index contributed by atoms with van der Waals surface area (Å²) in [6, 6.07) is 1.52. The van der Waals surface area contributed by atoms with Crippen molar-refractivity contribution in [2.24, 2.45) is 5.92 Å². The molecule has 0 aliphatic carbocycles. The predicted octanol–water partition coefficient (Wildman–Crippen LogP) is 0.596. The average Bonchev–Trinajstić information content (AvgIpc) is 2.93. The fourth-order valence-electron chi connectivity index (χ4n) is 3.94. The van der Waals surface area contributed by atoms with Crippen LogP contribution in [-0.2, 0) is 28.8 Å². The second-order valence-corrected chi connectivity index (χ2v) is 10.2. The van der Waals surface area contributed by atoms with Crippen LogP contribution in [0.25, 0.3) is 0 Å². The largest absolute Gasteiger partial charge is 0.481 e. The van der Waals surface area contributed by atoms with Crippen molar-refractivity contribution in [1.29, 1.82) is 0 Å². The molecule has 4 amide bonds. The number of nitrogens with two attached hydrogens (primary N) is 1. The molecule has 8 N–H and O–H groups in total. The van der Waals surface area contributed by atoms with Gasteiger partial charge in [0.05, 0.1) is 11.6 Å². The van der Waals surface area contributed by atoms with Crippen molar-refractivity contribution in [2.45, 2.75) is 89.9 Å². The molecule has 0 saturated carbocycles. The maximum absolute atomic E-state index is 13.3. The van der Waals surface area contributed by atoms with Crippen molar-refractivity contribution in [3.05, 3.63) is 29.8 Å². The third kappa shape index (κ3) is 12.4. The number of carboxylic acids is 2. The van der Waals surface area contributed by atoms with E-state index in [1.165, 1.54) is 12.1 Å². The highest BCUT2D eigenvalue weighted by atomic mass is 16.4. The maximum atomic E-state index is 13.3. The van der Waals surface area contributed by atoms with Crippen molar-refractivity contribution < 1.29 is 43.8 Å². The summed E-state index contributed by atoms with van der Waals surface area (Å²) in [6.07, 6.45) is 0.615. The second-order valence-electron chi connectivity index (χ2n) is 10.2. The smallest absolute Gasteiger partial charge is 0.303 e. The van der Waals surface area contributed by atoms with Crippen LogP contribution < -0.4 is 27.0 Å². The third-order valence-electron chi connectivity index (χ3n) is 6.36. The predicted molar refractivity (Wildman–Crippen MR) is 152 cm³/mol. The minimum Gasteiger partial charge on any atom is -0.481 e. The number of carbonyl (C=O) groups excluding carboxylic acids is 5. The Balaban J connectivity index is 3.09. The van der Waals surface area contributed by atoms with Crippen molar-refractivity contribution >= 4 is 47.5 Å². The van der Waals surface area contributed by atoms with E-state index in [2.05, 4.69) is 21.3 Å². The van der Waals surface area contributed by atoms with E-state index in [1.807, 2.05) is 6.92 Å². The molecule has 1 rings (SSSR count). The average molecular weight is 592 g/mol. The summed E-state index contributed by atoms with van der Waals surface area (Å²) in [7, 11) is 0. The number of anilines is 1. The van der Waals surface area contributed by atoms with E-state index in [0.717, 1.165) is 0 Å². The first-order valence-electron chi connectivity index (χ1n) is 13.8. The van der Waals surface area contributed by atoms with Crippen molar-refractivity contribution in [3.63, 3.8) is 0 Å². The van der Waals surface area contributed by atoms with E-state index < -0.39 is 72.1 Å². The summed E-state index contributed by atoms with van der Waals surface area (Å²) in [4.78, 5) is 85.7. The first-order valence-corrected chi connectivity index (χ1v) is 13.8. The molecule has 0 radical (unpaired) electrons. The molecule has 0 spiro atoms. The van der Waals surface area contributed by atoms with Crippen LogP contribution in [0, 0.1) is 5.92 Å². The van der Waals surface area contributed by atoms with Crippen LogP contribution in [0.2, 0.25) is 0 Å². The van der Waals surface area contributed by atoms with Crippen LogP contribution in [0.5, 0.6) is 0 Å². The molecular weight excluding hydrogens is 550 g/mol. The topological polar surface area (TPSA) is 234 Å². The Morgan fingerprint density at radius 2 is 1.38 bits per heavy atom. The van der Waals surface area contributed by atoms with Crippen LogP contribution in [0.15, 0.2) is 24.3 Å². The summed E-state index contributed by atoms with van der Waals surface area (Å²) in [5.74, 6) is -5.66. The van der Waals surface area contributed by atoms with Gasteiger partial charge in [0.15, 0.2) is 0 Å². The lowest BCUT2D eigenvalue weighted by molar-refractivity contribution is -0.138. The number of benzene rings is 1. The van der Waals surface area contributed by atoms with E-state index in [-0.39, 0.29) is 36.9 Å². The van der Waals surface area contributed by atoms with Gasteiger partial charge in [-0.05, 0) is 37.3 Å². The normalized spacial score (nSPS) is 13.6. The minimum atomic E-state index is -1.31. The number of carbonyl (C=O) groups is 7. The zero-order valence-electron chi connectivity index (χ0n) is 24.1. The van der Waals surface area contributed by atoms with Gasteiger partial charge in [0.1, 0.15) is 24.4 Å². The van der Waals surface area contributed by atoms with Crippen molar-refractivity contribution in [2.75, 3.05) is 5.73 Å². The molecule has 42 heavy (non-hydrogen) atoms. The zero-order valence-corrected chi connectivity index (χ0v) is 24.1. The first-order chi connectivity index (χ1) is 19.8. The number of nitrogen functional groups attached to an aromatic ring is 1. The number of rotatable bonds is 19. The Kier molecular flexibility index (Phi) is 15.3. The van der Waals surface area contributed by atoms with Gasteiger partial charge in [-0.3, -0.25) is 28.8 Å². The monoisotopic (exact) mass is 591 g/mol. The zero-order chi connectivity index (χ0) is 31.8. The molecular formula is C28H41N5O9. The molecule has 14 nitrogen and oxygen atoms in total. The Bertz CT molecular complexity index is 1120. The molecule has 14 heteroatoms. The van der Waals surface area contributed by atoms with Crippen molar-refractivity contribution in [1.82, 2.24) is 21.3 Å². The van der Waals surface area contributed by atoms with E-state index >= 15 is 0 Å². The second kappa shape index (κ2) is 18.0. The Morgan fingerprint density at radius 3 is 1.93 bits per heavy atom. The number of aldehydes is 1. The molecule has 1 aromatic carbocycles. The van der Waals surface area contributed by atoms with E-state index in [4.69, 9.17) is 15.9 Å². The SMILES string of the molecule is CCCC[C@H](NC(=O)[C@H](CCC(=O)O)NC(=O)c1ccccc1N)C(=O)N[C@H](C(=O)N[C@H](C=O)CCC(=O)O)C(C)C. The molecule has 0 heterocycles. The lowest BCUT2D eigenvalue weighted by Crippen LogP contribution is -2.58. The van der Waals surface area contributed by atoms with E-state index in [1.54, 1.807) is 26.0 Å². The fraction of sp³-hybridized carbons (Fsp3) is 0.536. The Morgan fingerprint density at radius 1 is 0.810 bits per heavy atom. The summed E-state index contributed by atoms with van der Waals surface area (Å²) >= 11 is 0. The highest BCUT2D eigenvalue weighted by molar-refractivity contribution is 6.02. The van der Waals surface area contributed by atoms with E-state index in [0.29, 0.717) is 19.1 Å². The van der Waals surface area contributed by atoms with Gasteiger partial charge in [-0.25, -0.2) is 0 Å². The van der Waals surface area contributed by atoms with Gasteiger partial charge in [-0.15, -0.1) is 0 Å². The number of aliphatic carboxylic acids is 2. The summed E-state index contributed by atoms with van der Waals surface area (Å²) < 4.78 is 0. The molecule has 232 valence electrons. The van der Waals surface area contributed by atoms with E-state index in [9.17, 15) is 33.6 Å². The van der Waals surface area contributed by atoms with Gasteiger partial charge < -0.3 is 42.0 Å². The molecule has 4 atom stereocenters. The third-order valence-corrected chi connectivity index (χ3v) is 6.36. The van der Waals surface area contributed by atoms with Crippen LogP contribution in [0.1, 0.15) is 76.1 Å². The van der Waals surface area contributed by atoms with Gasteiger partial charge >= 0.3 is 11.9 Å². The quantitative estimate of drug-likeness (QED) is 0.0873. The molecule has 0 aromatic heterocycles.